The van der Waals surface area contributed by atoms with Crippen molar-refractivity contribution < 1.29 is 0 Å². The van der Waals surface area contributed by atoms with Crippen molar-refractivity contribution in [1.29, 1.82) is 0 Å². The first-order valence-corrected chi connectivity index (χ1v) is 5.27. The topological polar surface area (TPSA) is 12.9 Å². The molecule has 1 aliphatic rings. The number of alkyl halides is 1. The highest BCUT2D eigenvalue weighted by atomic mass is 127. The van der Waals surface area contributed by atoms with E-state index < -0.39 is 0 Å². The highest BCUT2D eigenvalue weighted by Gasteiger charge is 2.13. The Morgan fingerprint density at radius 1 is 1.23 bits per heavy atom. The van der Waals surface area contributed by atoms with Crippen molar-refractivity contribution in [2.75, 3.05) is 0 Å². The third kappa shape index (κ3) is 1.99. The van der Waals surface area contributed by atoms with Crippen LogP contribution in [0.1, 0.15) is 18.1 Å². The van der Waals surface area contributed by atoms with Crippen LogP contribution in [-0.2, 0) is 0 Å². The van der Waals surface area contributed by atoms with Gasteiger partial charge in [-0.3, -0.25) is 4.98 Å². The molecule has 0 fully saturated rings. The van der Waals surface area contributed by atoms with E-state index in [0.717, 1.165) is 0 Å². The van der Waals surface area contributed by atoms with Gasteiger partial charge in [-0.1, -0.05) is 46.9 Å². The molecule has 1 aromatic heterocycles. The summed E-state index contributed by atoms with van der Waals surface area (Å²) in [7, 11) is 0. The summed E-state index contributed by atoms with van der Waals surface area (Å²) in [6.07, 6.45) is 12.4. The number of hydrogen-bond donors (Lipinski definition) is 0. The van der Waals surface area contributed by atoms with E-state index in [2.05, 4.69) is 58.8 Å². The molecule has 13 heavy (non-hydrogen) atoms. The number of fused-ring (bicyclic) bond motifs is 1. The molecule has 2 rings (SSSR count). The summed E-state index contributed by atoms with van der Waals surface area (Å²) in [5.41, 5.74) is 2.44. The predicted octanol–water partition coefficient (Wildman–Crippen LogP) is 3.32. The zero-order valence-corrected chi connectivity index (χ0v) is 9.52. The van der Waals surface area contributed by atoms with Crippen molar-refractivity contribution in [3.8, 4) is 0 Å². The van der Waals surface area contributed by atoms with Gasteiger partial charge in [0, 0.05) is 12.4 Å². The highest BCUT2D eigenvalue weighted by molar-refractivity contribution is 14.1. The Hall–Kier alpha value is -0.640. The van der Waals surface area contributed by atoms with Gasteiger partial charge in [-0.2, -0.15) is 0 Å². The molecule has 0 saturated carbocycles. The maximum absolute atomic E-state index is 4.10. The van der Waals surface area contributed by atoms with Crippen molar-refractivity contribution in [2.45, 2.75) is 10.3 Å². The van der Waals surface area contributed by atoms with Gasteiger partial charge in [-0.25, -0.2) is 0 Å². The first-order chi connectivity index (χ1) is 6.17. The largest absolute Gasteiger partial charge is 0.264 e. The van der Waals surface area contributed by atoms with Crippen LogP contribution in [0.25, 0.3) is 12.2 Å². The van der Waals surface area contributed by atoms with Crippen LogP contribution in [0, 0.1) is 0 Å². The molecule has 0 saturated heterocycles. The van der Waals surface area contributed by atoms with Crippen molar-refractivity contribution in [1.82, 2.24) is 4.98 Å². The van der Waals surface area contributed by atoms with Gasteiger partial charge in [0.2, 0.25) is 0 Å². The Balaban J connectivity index is 2.53. The van der Waals surface area contributed by atoms with Gasteiger partial charge >= 0.3 is 0 Å². The van der Waals surface area contributed by atoms with Crippen LogP contribution in [0.5, 0.6) is 0 Å². The molecule has 2 heteroatoms. The molecule has 1 unspecified atom stereocenters. The zero-order valence-electron chi connectivity index (χ0n) is 7.37. The van der Waals surface area contributed by atoms with Gasteiger partial charge in [-0.15, -0.1) is 0 Å². The second kappa shape index (κ2) is 3.25. The molecule has 1 aliphatic carbocycles. The number of rotatable bonds is 0. The predicted molar refractivity (Wildman–Crippen MR) is 64.7 cm³/mol. The van der Waals surface area contributed by atoms with Crippen molar-refractivity contribution in [3.63, 3.8) is 0 Å². The Morgan fingerprint density at radius 2 is 1.92 bits per heavy atom. The average Bonchev–Trinajstić information content (AvgIpc) is 2.27. The molecule has 1 heterocycles. The van der Waals surface area contributed by atoms with E-state index >= 15 is 0 Å². The van der Waals surface area contributed by atoms with Gasteiger partial charge < -0.3 is 0 Å². The monoisotopic (exact) mass is 283 g/mol. The molecule has 0 radical (unpaired) electrons. The molecule has 1 atom stereocenters. The fraction of sp³-hybridized carbons (Fsp3) is 0.182. The average molecular weight is 283 g/mol. The van der Waals surface area contributed by atoms with Gasteiger partial charge in [0.25, 0.3) is 0 Å². The Kier molecular flexibility index (Phi) is 2.24. The first kappa shape index (κ1) is 8.94. The lowest BCUT2D eigenvalue weighted by molar-refractivity contribution is 1.07. The number of nitrogens with zero attached hydrogens (tertiary/aromatic N) is 1. The summed E-state index contributed by atoms with van der Waals surface area (Å²) in [5, 5.41) is 0. The minimum absolute atomic E-state index is 0.122. The van der Waals surface area contributed by atoms with Crippen molar-refractivity contribution in [2.24, 2.45) is 0 Å². The summed E-state index contributed by atoms with van der Waals surface area (Å²) in [4.78, 5) is 4.10. The summed E-state index contributed by atoms with van der Waals surface area (Å²) in [6.45, 7) is 2.18. The van der Waals surface area contributed by atoms with Crippen molar-refractivity contribution in [3.05, 3.63) is 41.7 Å². The standard InChI is InChI=1S/C11H10IN/c1-11(12)5-2-9-4-7-13-8-10(9)3-6-11/h2-8H,1H3. The van der Waals surface area contributed by atoms with Gasteiger partial charge in [-0.05, 0) is 24.1 Å². The minimum Gasteiger partial charge on any atom is -0.264 e. The maximum Gasteiger partial charge on any atom is 0.0558 e. The molecular weight excluding hydrogens is 273 g/mol. The molecular formula is C11H10IN. The van der Waals surface area contributed by atoms with Gasteiger partial charge in [0.1, 0.15) is 0 Å². The number of allylic oxidation sites excluding steroid dienone is 2. The zero-order chi connectivity index (χ0) is 9.31. The first-order valence-electron chi connectivity index (χ1n) is 4.19. The lowest BCUT2D eigenvalue weighted by Gasteiger charge is -2.09. The van der Waals surface area contributed by atoms with E-state index in [-0.39, 0.29) is 3.42 Å². The third-order valence-electron chi connectivity index (χ3n) is 2.06. The lowest BCUT2D eigenvalue weighted by Crippen LogP contribution is -2.04. The lowest BCUT2D eigenvalue weighted by atomic mass is 10.1. The molecule has 66 valence electrons. The molecule has 0 aromatic carbocycles. The third-order valence-corrected chi connectivity index (χ3v) is 2.78. The van der Waals surface area contributed by atoms with Crippen LogP contribution >= 0.6 is 22.6 Å². The van der Waals surface area contributed by atoms with E-state index in [1.165, 1.54) is 11.1 Å². The quantitative estimate of drug-likeness (QED) is 0.526. The normalized spacial score (nSPS) is 25.4. The van der Waals surface area contributed by atoms with Crippen LogP contribution in [0.3, 0.4) is 0 Å². The fourth-order valence-electron chi connectivity index (χ4n) is 1.27. The molecule has 0 amide bonds. The molecule has 0 aliphatic heterocycles. The number of aromatic nitrogens is 1. The molecule has 1 nitrogen and oxygen atoms in total. The Bertz CT molecular complexity index is 342. The van der Waals surface area contributed by atoms with Crippen molar-refractivity contribution >= 4 is 34.7 Å². The smallest absolute Gasteiger partial charge is 0.0558 e. The molecule has 0 bridgehead atoms. The molecule has 1 aromatic rings. The van der Waals surface area contributed by atoms with Crippen LogP contribution in [0.2, 0.25) is 0 Å². The van der Waals surface area contributed by atoms with Crippen LogP contribution in [0.15, 0.2) is 30.6 Å². The SMILES string of the molecule is CC1(I)C=Cc2ccncc2C=C1. The summed E-state index contributed by atoms with van der Waals surface area (Å²) in [6, 6.07) is 2.04. The molecule has 0 spiro atoms. The Labute approximate surface area is 91.7 Å². The van der Waals surface area contributed by atoms with Gasteiger partial charge in [0.05, 0.1) is 3.42 Å². The summed E-state index contributed by atoms with van der Waals surface area (Å²) < 4.78 is 0.122. The summed E-state index contributed by atoms with van der Waals surface area (Å²) in [5.74, 6) is 0. The van der Waals surface area contributed by atoms with E-state index in [9.17, 15) is 0 Å². The fourth-order valence-corrected chi connectivity index (χ4v) is 1.63. The second-order valence-corrected chi connectivity index (χ2v) is 5.65. The van der Waals surface area contributed by atoms with Gasteiger partial charge in [0.15, 0.2) is 0 Å². The number of halogens is 1. The maximum atomic E-state index is 4.10. The van der Waals surface area contributed by atoms with E-state index in [1.807, 2.05) is 18.5 Å². The Morgan fingerprint density at radius 3 is 2.69 bits per heavy atom. The van der Waals surface area contributed by atoms with E-state index in [0.29, 0.717) is 0 Å². The molecule has 0 N–H and O–H groups in total. The summed E-state index contributed by atoms with van der Waals surface area (Å²) >= 11 is 2.42. The van der Waals surface area contributed by atoms with Crippen LogP contribution in [-0.4, -0.2) is 8.41 Å². The second-order valence-electron chi connectivity index (χ2n) is 3.32. The highest BCUT2D eigenvalue weighted by Crippen LogP contribution is 2.28. The van der Waals surface area contributed by atoms with Crippen LogP contribution in [0.4, 0.5) is 0 Å². The number of hydrogen-bond acceptors (Lipinski definition) is 1. The van der Waals surface area contributed by atoms with E-state index in [1.54, 1.807) is 0 Å². The number of pyridine rings is 1. The van der Waals surface area contributed by atoms with E-state index in [4.69, 9.17) is 0 Å². The minimum atomic E-state index is 0.122. The van der Waals surface area contributed by atoms with Crippen LogP contribution < -0.4 is 0 Å².